The molecular weight excluding hydrogens is 260 g/mol. The lowest BCUT2D eigenvalue weighted by atomic mass is 9.85. The standard InChI is InChI=1S/C15H20O5/c1-6-20-14(18)12(17)10-7-9(15(2,3)4)8-11(16)13(10)19-5/h7-8,16H,6H2,1-5H3. The summed E-state index contributed by atoms with van der Waals surface area (Å²) in [4.78, 5) is 23.7. The van der Waals surface area contributed by atoms with Gasteiger partial charge in [-0.05, 0) is 30.0 Å². The van der Waals surface area contributed by atoms with Crippen molar-refractivity contribution in [1.29, 1.82) is 0 Å². The van der Waals surface area contributed by atoms with Crippen LogP contribution in [-0.2, 0) is 14.9 Å². The van der Waals surface area contributed by atoms with Crippen molar-refractivity contribution in [3.05, 3.63) is 23.3 Å². The van der Waals surface area contributed by atoms with Crippen LogP contribution in [0, 0.1) is 0 Å². The van der Waals surface area contributed by atoms with Crippen LogP contribution in [-0.4, -0.2) is 30.6 Å². The molecule has 0 spiro atoms. The van der Waals surface area contributed by atoms with Gasteiger partial charge < -0.3 is 14.6 Å². The molecule has 0 fully saturated rings. The predicted octanol–water partition coefficient (Wildman–Crippen LogP) is 2.44. The molecular formula is C15H20O5. The number of carbonyl (C=O) groups excluding carboxylic acids is 2. The molecule has 1 aromatic rings. The summed E-state index contributed by atoms with van der Waals surface area (Å²) in [5, 5.41) is 9.97. The van der Waals surface area contributed by atoms with E-state index in [1.54, 1.807) is 13.0 Å². The smallest absolute Gasteiger partial charge is 0.379 e. The fraction of sp³-hybridized carbons (Fsp3) is 0.467. The lowest BCUT2D eigenvalue weighted by Gasteiger charge is -2.21. The van der Waals surface area contributed by atoms with E-state index < -0.39 is 11.8 Å². The number of methoxy groups -OCH3 is 1. The van der Waals surface area contributed by atoms with Crippen LogP contribution in [0.5, 0.6) is 11.5 Å². The van der Waals surface area contributed by atoms with Crippen LogP contribution in [0.1, 0.15) is 43.6 Å². The molecule has 0 bridgehead atoms. The Morgan fingerprint density at radius 2 is 1.85 bits per heavy atom. The van der Waals surface area contributed by atoms with Gasteiger partial charge in [0.15, 0.2) is 11.5 Å². The highest BCUT2D eigenvalue weighted by atomic mass is 16.5. The molecule has 0 saturated carbocycles. The van der Waals surface area contributed by atoms with Gasteiger partial charge in [-0.15, -0.1) is 0 Å². The van der Waals surface area contributed by atoms with Gasteiger partial charge in [0.2, 0.25) is 0 Å². The Morgan fingerprint density at radius 3 is 2.30 bits per heavy atom. The maximum absolute atomic E-state index is 12.1. The molecule has 0 aliphatic carbocycles. The molecule has 0 atom stereocenters. The minimum absolute atomic E-state index is 0.0101. The number of phenolic OH excluding ortho intramolecular Hbond substituents is 1. The van der Waals surface area contributed by atoms with E-state index in [0.717, 1.165) is 5.56 Å². The van der Waals surface area contributed by atoms with Crippen LogP contribution in [0.4, 0.5) is 0 Å². The molecule has 5 nitrogen and oxygen atoms in total. The number of ketones is 1. The van der Waals surface area contributed by atoms with Gasteiger partial charge >= 0.3 is 5.97 Å². The first kappa shape index (κ1) is 16.0. The van der Waals surface area contributed by atoms with Crippen molar-refractivity contribution < 1.29 is 24.2 Å². The number of hydrogen-bond donors (Lipinski definition) is 1. The number of benzene rings is 1. The average molecular weight is 280 g/mol. The van der Waals surface area contributed by atoms with Crippen LogP contribution in [0.3, 0.4) is 0 Å². The number of aromatic hydroxyl groups is 1. The molecule has 0 heterocycles. The fourth-order valence-corrected chi connectivity index (χ4v) is 1.74. The van der Waals surface area contributed by atoms with Crippen molar-refractivity contribution in [2.24, 2.45) is 0 Å². The molecule has 0 aromatic heterocycles. The average Bonchev–Trinajstić information content (AvgIpc) is 2.36. The van der Waals surface area contributed by atoms with Crippen molar-refractivity contribution in [2.75, 3.05) is 13.7 Å². The van der Waals surface area contributed by atoms with E-state index in [-0.39, 0.29) is 29.1 Å². The van der Waals surface area contributed by atoms with E-state index >= 15 is 0 Å². The van der Waals surface area contributed by atoms with Crippen LogP contribution in [0.2, 0.25) is 0 Å². The summed E-state index contributed by atoms with van der Waals surface area (Å²) in [5.74, 6) is -1.98. The molecule has 20 heavy (non-hydrogen) atoms. The fourth-order valence-electron chi connectivity index (χ4n) is 1.74. The van der Waals surface area contributed by atoms with Crippen LogP contribution in [0.15, 0.2) is 12.1 Å². The van der Waals surface area contributed by atoms with E-state index in [9.17, 15) is 14.7 Å². The Morgan fingerprint density at radius 1 is 1.25 bits per heavy atom. The molecule has 1 N–H and O–H groups in total. The van der Waals surface area contributed by atoms with Gasteiger partial charge in [0.05, 0.1) is 19.3 Å². The lowest BCUT2D eigenvalue weighted by molar-refractivity contribution is -0.137. The molecule has 0 aliphatic heterocycles. The van der Waals surface area contributed by atoms with Crippen molar-refractivity contribution in [3.63, 3.8) is 0 Å². The first-order chi connectivity index (χ1) is 9.22. The molecule has 0 saturated heterocycles. The second kappa shape index (κ2) is 5.94. The zero-order chi connectivity index (χ0) is 15.5. The number of rotatable bonds is 4. The summed E-state index contributed by atoms with van der Waals surface area (Å²) in [5.41, 5.74) is 0.451. The summed E-state index contributed by atoms with van der Waals surface area (Å²) in [6.45, 7) is 7.54. The molecule has 110 valence electrons. The predicted molar refractivity (Wildman–Crippen MR) is 74.3 cm³/mol. The number of ether oxygens (including phenoxy) is 2. The number of esters is 1. The van der Waals surface area contributed by atoms with Crippen molar-refractivity contribution in [2.45, 2.75) is 33.1 Å². The van der Waals surface area contributed by atoms with Gasteiger partial charge in [0.25, 0.3) is 5.78 Å². The maximum atomic E-state index is 12.1. The molecule has 1 rings (SSSR count). The normalized spacial score (nSPS) is 11.1. The second-order valence-electron chi connectivity index (χ2n) is 5.38. The summed E-state index contributed by atoms with van der Waals surface area (Å²) in [7, 11) is 1.33. The van der Waals surface area contributed by atoms with Gasteiger partial charge in [0.1, 0.15) is 0 Å². The highest BCUT2D eigenvalue weighted by Gasteiger charge is 2.27. The van der Waals surface area contributed by atoms with Gasteiger partial charge in [-0.3, -0.25) is 4.79 Å². The van der Waals surface area contributed by atoms with Gasteiger partial charge in [-0.25, -0.2) is 4.79 Å². The summed E-state index contributed by atoms with van der Waals surface area (Å²) in [6, 6.07) is 3.08. The van der Waals surface area contributed by atoms with E-state index in [4.69, 9.17) is 9.47 Å². The molecule has 0 amide bonds. The van der Waals surface area contributed by atoms with Crippen LogP contribution in [0.25, 0.3) is 0 Å². The SMILES string of the molecule is CCOC(=O)C(=O)c1cc(C(C)(C)C)cc(O)c1OC. The number of Topliss-reactive ketones (excluding diaryl/α,β-unsaturated/α-hetero) is 1. The van der Waals surface area contributed by atoms with E-state index in [1.165, 1.54) is 13.2 Å². The third kappa shape index (κ3) is 3.29. The lowest BCUT2D eigenvalue weighted by Crippen LogP contribution is -2.20. The maximum Gasteiger partial charge on any atom is 0.379 e. The Labute approximate surface area is 118 Å². The molecule has 5 heteroatoms. The quantitative estimate of drug-likeness (QED) is 0.521. The topological polar surface area (TPSA) is 72.8 Å². The third-order valence-corrected chi connectivity index (χ3v) is 2.84. The van der Waals surface area contributed by atoms with Crippen LogP contribution >= 0.6 is 0 Å². The summed E-state index contributed by atoms with van der Waals surface area (Å²) >= 11 is 0. The highest BCUT2D eigenvalue weighted by Crippen LogP contribution is 2.36. The highest BCUT2D eigenvalue weighted by molar-refractivity contribution is 6.41. The first-order valence-electron chi connectivity index (χ1n) is 6.35. The minimum Gasteiger partial charge on any atom is -0.504 e. The Bertz CT molecular complexity index is 526. The van der Waals surface area contributed by atoms with Gasteiger partial charge in [-0.1, -0.05) is 20.8 Å². The molecule has 0 radical (unpaired) electrons. The Hall–Kier alpha value is -2.04. The zero-order valence-electron chi connectivity index (χ0n) is 12.4. The second-order valence-corrected chi connectivity index (χ2v) is 5.38. The molecule has 0 unspecified atom stereocenters. The van der Waals surface area contributed by atoms with Gasteiger partial charge in [-0.2, -0.15) is 0 Å². The van der Waals surface area contributed by atoms with E-state index in [0.29, 0.717) is 0 Å². The Kier molecular flexibility index (Phi) is 4.76. The van der Waals surface area contributed by atoms with Crippen molar-refractivity contribution >= 4 is 11.8 Å². The monoisotopic (exact) mass is 280 g/mol. The number of hydrogen-bond acceptors (Lipinski definition) is 5. The van der Waals surface area contributed by atoms with E-state index in [2.05, 4.69) is 0 Å². The Balaban J connectivity index is 3.39. The van der Waals surface area contributed by atoms with Crippen molar-refractivity contribution in [1.82, 2.24) is 0 Å². The largest absolute Gasteiger partial charge is 0.504 e. The summed E-state index contributed by atoms with van der Waals surface area (Å²) < 4.78 is 9.71. The molecule has 0 aliphatic rings. The third-order valence-electron chi connectivity index (χ3n) is 2.84. The summed E-state index contributed by atoms with van der Waals surface area (Å²) in [6.07, 6.45) is 0. The van der Waals surface area contributed by atoms with Crippen molar-refractivity contribution in [3.8, 4) is 11.5 Å². The zero-order valence-corrected chi connectivity index (χ0v) is 12.4. The number of carbonyl (C=O) groups is 2. The van der Waals surface area contributed by atoms with Crippen LogP contribution < -0.4 is 4.74 Å². The van der Waals surface area contributed by atoms with Gasteiger partial charge in [0, 0.05) is 0 Å². The number of phenols is 1. The van der Waals surface area contributed by atoms with E-state index in [1.807, 2.05) is 20.8 Å². The minimum atomic E-state index is -0.962. The first-order valence-corrected chi connectivity index (χ1v) is 6.35. The molecule has 1 aromatic carbocycles.